The lowest BCUT2D eigenvalue weighted by molar-refractivity contribution is 0.444. The molecule has 0 heterocycles. The Morgan fingerprint density at radius 2 is 1.05 bits per heavy atom. The monoisotopic (exact) mass is 306 g/mol. The summed E-state index contributed by atoms with van der Waals surface area (Å²) in [6.45, 7) is 4.43. The van der Waals surface area contributed by atoms with Crippen LogP contribution in [0.15, 0.2) is 12.1 Å². The second-order valence-corrected chi connectivity index (χ2v) is 6.44. The standard InChI is InChI=1S/C20H34O2/c1-3-5-7-9-11-13-17-15-19(21)16-18(20(17)22)14-12-10-8-6-4-2/h15-16,21-22H,3-14H2,1-2H3. The number of hydrogen-bond donors (Lipinski definition) is 2. The Labute approximate surface area is 136 Å². The quantitative estimate of drug-likeness (QED) is 0.360. The summed E-state index contributed by atoms with van der Waals surface area (Å²) in [7, 11) is 0. The highest BCUT2D eigenvalue weighted by atomic mass is 16.3. The molecule has 22 heavy (non-hydrogen) atoms. The van der Waals surface area contributed by atoms with Gasteiger partial charge in [0, 0.05) is 0 Å². The van der Waals surface area contributed by atoms with Crippen LogP contribution in [0.4, 0.5) is 0 Å². The van der Waals surface area contributed by atoms with Gasteiger partial charge in [-0.2, -0.15) is 0 Å². The second-order valence-electron chi connectivity index (χ2n) is 6.44. The van der Waals surface area contributed by atoms with Gasteiger partial charge in [-0.05, 0) is 48.9 Å². The Morgan fingerprint density at radius 3 is 1.45 bits per heavy atom. The molecule has 0 fully saturated rings. The topological polar surface area (TPSA) is 40.5 Å². The molecule has 0 amide bonds. The number of phenolic OH excluding ortho intramolecular Hbond substituents is 2. The first-order valence-corrected chi connectivity index (χ1v) is 9.22. The van der Waals surface area contributed by atoms with E-state index in [1.807, 2.05) is 0 Å². The molecule has 1 rings (SSSR count). The molecule has 0 radical (unpaired) electrons. The van der Waals surface area contributed by atoms with Crippen molar-refractivity contribution < 1.29 is 10.2 Å². The van der Waals surface area contributed by atoms with Gasteiger partial charge >= 0.3 is 0 Å². The van der Waals surface area contributed by atoms with E-state index in [4.69, 9.17) is 0 Å². The molecular formula is C20H34O2. The van der Waals surface area contributed by atoms with Crippen LogP contribution in [0.25, 0.3) is 0 Å². The van der Waals surface area contributed by atoms with Crippen LogP contribution in [0.1, 0.15) is 89.2 Å². The first-order valence-electron chi connectivity index (χ1n) is 9.22. The third kappa shape index (κ3) is 7.20. The van der Waals surface area contributed by atoms with Gasteiger partial charge in [-0.3, -0.25) is 0 Å². The molecule has 2 N–H and O–H groups in total. The average Bonchev–Trinajstić information content (AvgIpc) is 2.50. The van der Waals surface area contributed by atoms with E-state index in [1.165, 1.54) is 51.4 Å². The molecule has 0 bridgehead atoms. The number of benzene rings is 1. The molecule has 126 valence electrons. The van der Waals surface area contributed by atoms with Crippen LogP contribution in [-0.4, -0.2) is 10.2 Å². The maximum absolute atomic E-state index is 10.4. The minimum atomic E-state index is 0.296. The van der Waals surface area contributed by atoms with Crippen LogP contribution in [0, 0.1) is 0 Å². The van der Waals surface area contributed by atoms with E-state index < -0.39 is 0 Å². The van der Waals surface area contributed by atoms with Crippen molar-refractivity contribution in [2.24, 2.45) is 0 Å². The minimum absolute atomic E-state index is 0.296. The summed E-state index contributed by atoms with van der Waals surface area (Å²) in [4.78, 5) is 0. The minimum Gasteiger partial charge on any atom is -0.508 e. The number of aromatic hydroxyl groups is 2. The maximum atomic E-state index is 10.4. The largest absolute Gasteiger partial charge is 0.508 e. The summed E-state index contributed by atoms with van der Waals surface area (Å²) in [6, 6.07) is 3.46. The zero-order valence-corrected chi connectivity index (χ0v) is 14.5. The molecule has 0 aliphatic heterocycles. The van der Waals surface area contributed by atoms with Crippen LogP contribution < -0.4 is 0 Å². The number of aryl methyl sites for hydroxylation is 2. The number of unbranched alkanes of at least 4 members (excludes halogenated alkanes) is 8. The number of hydrogen-bond acceptors (Lipinski definition) is 2. The fraction of sp³-hybridized carbons (Fsp3) is 0.700. The van der Waals surface area contributed by atoms with Crippen molar-refractivity contribution in [3.05, 3.63) is 23.3 Å². The van der Waals surface area contributed by atoms with E-state index in [0.29, 0.717) is 11.5 Å². The van der Waals surface area contributed by atoms with Crippen molar-refractivity contribution in [1.82, 2.24) is 0 Å². The average molecular weight is 306 g/mol. The van der Waals surface area contributed by atoms with Gasteiger partial charge in [0.25, 0.3) is 0 Å². The molecule has 0 aliphatic rings. The predicted molar refractivity (Wildman–Crippen MR) is 94.7 cm³/mol. The summed E-state index contributed by atoms with van der Waals surface area (Å²) >= 11 is 0. The van der Waals surface area contributed by atoms with Crippen molar-refractivity contribution in [3.63, 3.8) is 0 Å². The molecule has 0 spiro atoms. The van der Waals surface area contributed by atoms with E-state index in [0.717, 1.165) is 36.8 Å². The fourth-order valence-electron chi connectivity index (χ4n) is 2.96. The van der Waals surface area contributed by atoms with Crippen molar-refractivity contribution >= 4 is 0 Å². The van der Waals surface area contributed by atoms with Gasteiger partial charge < -0.3 is 10.2 Å². The Bertz CT molecular complexity index is 377. The lowest BCUT2D eigenvalue weighted by Crippen LogP contribution is -1.93. The van der Waals surface area contributed by atoms with Crippen LogP contribution in [0.5, 0.6) is 11.5 Å². The lowest BCUT2D eigenvalue weighted by atomic mass is 9.98. The van der Waals surface area contributed by atoms with Crippen molar-refractivity contribution in [3.8, 4) is 11.5 Å². The van der Waals surface area contributed by atoms with Crippen LogP contribution in [-0.2, 0) is 12.8 Å². The van der Waals surface area contributed by atoms with Gasteiger partial charge in [0.2, 0.25) is 0 Å². The third-order valence-corrected chi connectivity index (χ3v) is 4.35. The van der Waals surface area contributed by atoms with E-state index in [2.05, 4.69) is 13.8 Å². The summed E-state index contributed by atoms with van der Waals surface area (Å²) in [5, 5.41) is 20.3. The van der Waals surface area contributed by atoms with E-state index in [9.17, 15) is 10.2 Å². The Hall–Kier alpha value is -1.18. The van der Waals surface area contributed by atoms with E-state index >= 15 is 0 Å². The second kappa shape index (κ2) is 11.4. The highest BCUT2D eigenvalue weighted by Crippen LogP contribution is 2.30. The van der Waals surface area contributed by atoms with Crippen LogP contribution in [0.2, 0.25) is 0 Å². The molecule has 2 nitrogen and oxygen atoms in total. The summed E-state index contributed by atoms with van der Waals surface area (Å²) in [5.41, 5.74) is 1.83. The SMILES string of the molecule is CCCCCCCc1cc(O)cc(CCCCCCC)c1O. The van der Waals surface area contributed by atoms with E-state index in [1.54, 1.807) is 12.1 Å². The first-order chi connectivity index (χ1) is 10.7. The van der Waals surface area contributed by atoms with Crippen molar-refractivity contribution in [1.29, 1.82) is 0 Å². The molecule has 0 atom stereocenters. The third-order valence-electron chi connectivity index (χ3n) is 4.35. The molecule has 0 aromatic heterocycles. The van der Waals surface area contributed by atoms with Gasteiger partial charge in [-0.1, -0.05) is 65.2 Å². The van der Waals surface area contributed by atoms with E-state index in [-0.39, 0.29) is 0 Å². The molecule has 0 saturated carbocycles. The molecule has 1 aromatic carbocycles. The van der Waals surface area contributed by atoms with Crippen molar-refractivity contribution in [2.75, 3.05) is 0 Å². The van der Waals surface area contributed by atoms with Crippen molar-refractivity contribution in [2.45, 2.75) is 90.9 Å². The highest BCUT2D eigenvalue weighted by Gasteiger charge is 2.09. The lowest BCUT2D eigenvalue weighted by Gasteiger charge is -2.11. The first kappa shape index (κ1) is 18.9. The Balaban J connectivity index is 2.48. The predicted octanol–water partition coefficient (Wildman–Crippen LogP) is 6.12. The Kier molecular flexibility index (Phi) is 9.77. The molecule has 1 aromatic rings. The highest BCUT2D eigenvalue weighted by molar-refractivity contribution is 5.46. The summed E-state index contributed by atoms with van der Waals surface area (Å²) in [5.74, 6) is 0.716. The van der Waals surface area contributed by atoms with Gasteiger partial charge in [-0.25, -0.2) is 0 Å². The molecule has 0 unspecified atom stereocenters. The molecule has 0 saturated heterocycles. The smallest absolute Gasteiger partial charge is 0.122 e. The maximum Gasteiger partial charge on any atom is 0.122 e. The fourth-order valence-corrected chi connectivity index (χ4v) is 2.96. The van der Waals surface area contributed by atoms with Gasteiger partial charge in [0.05, 0.1) is 0 Å². The zero-order chi connectivity index (χ0) is 16.2. The van der Waals surface area contributed by atoms with Gasteiger partial charge in [-0.15, -0.1) is 0 Å². The number of rotatable bonds is 12. The van der Waals surface area contributed by atoms with Crippen LogP contribution >= 0.6 is 0 Å². The molecule has 2 heteroatoms. The molecule has 0 aliphatic carbocycles. The Morgan fingerprint density at radius 1 is 0.636 bits per heavy atom. The summed E-state index contributed by atoms with van der Waals surface area (Å²) < 4.78 is 0. The van der Waals surface area contributed by atoms with Gasteiger partial charge in [0.15, 0.2) is 0 Å². The van der Waals surface area contributed by atoms with Gasteiger partial charge in [0.1, 0.15) is 11.5 Å². The zero-order valence-electron chi connectivity index (χ0n) is 14.5. The van der Waals surface area contributed by atoms with Crippen LogP contribution in [0.3, 0.4) is 0 Å². The normalized spacial score (nSPS) is 11.0. The number of phenols is 2. The molecular weight excluding hydrogens is 272 g/mol. The summed E-state index contributed by atoms with van der Waals surface area (Å²) in [6.07, 6.45) is 13.9.